The maximum atomic E-state index is 11.9. The van der Waals surface area contributed by atoms with Crippen molar-refractivity contribution in [3.63, 3.8) is 0 Å². The maximum Gasteiger partial charge on any atom is 0.244 e. The molecule has 2 N–H and O–H groups in total. The van der Waals surface area contributed by atoms with E-state index in [-0.39, 0.29) is 23.9 Å². The second kappa shape index (κ2) is 8.67. The van der Waals surface area contributed by atoms with E-state index in [1.165, 1.54) is 12.2 Å². The molecule has 0 aliphatic rings. The second-order valence-electron chi connectivity index (χ2n) is 5.62. The zero-order valence-electron chi connectivity index (χ0n) is 13.9. The van der Waals surface area contributed by atoms with Gasteiger partial charge in [0.25, 0.3) is 0 Å². The predicted octanol–water partition coefficient (Wildman–Crippen LogP) is 3.30. The number of carbonyl (C=O) groups excluding carboxylic acids is 2. The van der Waals surface area contributed by atoms with Crippen LogP contribution in [-0.4, -0.2) is 11.8 Å². The first-order valence-electron chi connectivity index (χ1n) is 7.95. The van der Waals surface area contributed by atoms with Crippen molar-refractivity contribution in [1.29, 1.82) is 0 Å². The molecule has 0 unspecified atom stereocenters. The third kappa shape index (κ3) is 5.39. The SMILES string of the molecule is C[C@H](NC(=O)/C=C\C(=O)N[C@H](C)c1ccccc1)c1ccccc1. The first-order chi connectivity index (χ1) is 11.6. The van der Waals surface area contributed by atoms with Crippen molar-refractivity contribution in [2.75, 3.05) is 0 Å². The molecule has 4 heteroatoms. The van der Waals surface area contributed by atoms with Gasteiger partial charge in [-0.1, -0.05) is 60.7 Å². The van der Waals surface area contributed by atoms with Crippen LogP contribution in [0.3, 0.4) is 0 Å². The van der Waals surface area contributed by atoms with Gasteiger partial charge in [-0.25, -0.2) is 0 Å². The third-order valence-electron chi connectivity index (χ3n) is 3.70. The molecule has 0 spiro atoms. The molecule has 2 amide bonds. The van der Waals surface area contributed by atoms with Crippen LogP contribution in [0.1, 0.15) is 37.1 Å². The number of hydrogen-bond acceptors (Lipinski definition) is 2. The van der Waals surface area contributed by atoms with Crippen molar-refractivity contribution in [1.82, 2.24) is 10.6 Å². The summed E-state index contributed by atoms with van der Waals surface area (Å²) in [6, 6.07) is 19.1. The van der Waals surface area contributed by atoms with Crippen molar-refractivity contribution in [3.05, 3.63) is 83.9 Å². The molecule has 2 aromatic carbocycles. The Bertz CT molecular complexity index is 635. The highest BCUT2D eigenvalue weighted by atomic mass is 16.2. The highest BCUT2D eigenvalue weighted by Gasteiger charge is 2.09. The second-order valence-corrected chi connectivity index (χ2v) is 5.62. The highest BCUT2D eigenvalue weighted by molar-refractivity contribution is 5.96. The number of amides is 2. The minimum absolute atomic E-state index is 0.116. The zero-order valence-corrected chi connectivity index (χ0v) is 13.9. The fraction of sp³-hybridized carbons (Fsp3) is 0.200. The van der Waals surface area contributed by atoms with Crippen molar-refractivity contribution in [2.45, 2.75) is 25.9 Å². The molecule has 0 aliphatic heterocycles. The van der Waals surface area contributed by atoms with Crippen LogP contribution < -0.4 is 10.6 Å². The summed E-state index contributed by atoms with van der Waals surface area (Å²) in [6.45, 7) is 3.80. The number of benzene rings is 2. The summed E-state index contributed by atoms with van der Waals surface area (Å²) in [5, 5.41) is 5.66. The van der Waals surface area contributed by atoms with Gasteiger partial charge in [0, 0.05) is 12.2 Å². The summed E-state index contributed by atoms with van der Waals surface area (Å²) in [5.74, 6) is -0.595. The molecular weight excluding hydrogens is 300 g/mol. The quantitative estimate of drug-likeness (QED) is 0.802. The Labute approximate surface area is 142 Å². The average Bonchev–Trinajstić information content (AvgIpc) is 2.61. The molecule has 0 saturated heterocycles. The standard InChI is InChI=1S/C20H22N2O2/c1-15(17-9-5-3-6-10-17)21-19(23)13-14-20(24)22-16(2)18-11-7-4-8-12-18/h3-16H,1-2H3,(H,21,23)(H,22,24)/b14-13-/t15-,16+. The van der Waals surface area contributed by atoms with Gasteiger partial charge >= 0.3 is 0 Å². The Morgan fingerprint density at radius 2 is 1.04 bits per heavy atom. The predicted molar refractivity (Wildman–Crippen MR) is 95.1 cm³/mol. The van der Waals surface area contributed by atoms with Crippen LogP contribution in [0.25, 0.3) is 0 Å². The molecule has 0 bridgehead atoms. The van der Waals surface area contributed by atoms with E-state index in [2.05, 4.69) is 10.6 Å². The summed E-state index contributed by atoms with van der Waals surface area (Å²) < 4.78 is 0. The van der Waals surface area contributed by atoms with Crippen molar-refractivity contribution >= 4 is 11.8 Å². The fourth-order valence-electron chi connectivity index (χ4n) is 2.32. The summed E-state index contributed by atoms with van der Waals surface area (Å²) in [5.41, 5.74) is 2.03. The average molecular weight is 322 g/mol. The van der Waals surface area contributed by atoms with Crippen LogP contribution in [0.15, 0.2) is 72.8 Å². The van der Waals surface area contributed by atoms with E-state index < -0.39 is 0 Å². The molecule has 4 nitrogen and oxygen atoms in total. The lowest BCUT2D eigenvalue weighted by Crippen LogP contribution is -2.27. The van der Waals surface area contributed by atoms with Crippen LogP contribution in [0, 0.1) is 0 Å². The molecule has 2 rings (SSSR count). The lowest BCUT2D eigenvalue weighted by atomic mass is 10.1. The smallest absolute Gasteiger partial charge is 0.244 e. The number of carbonyl (C=O) groups is 2. The van der Waals surface area contributed by atoms with E-state index in [4.69, 9.17) is 0 Å². The Morgan fingerprint density at radius 3 is 1.38 bits per heavy atom. The van der Waals surface area contributed by atoms with Crippen LogP contribution >= 0.6 is 0 Å². The van der Waals surface area contributed by atoms with E-state index in [0.29, 0.717) is 0 Å². The monoisotopic (exact) mass is 322 g/mol. The topological polar surface area (TPSA) is 58.2 Å². The van der Waals surface area contributed by atoms with E-state index in [1.807, 2.05) is 74.5 Å². The van der Waals surface area contributed by atoms with Crippen LogP contribution in [0.2, 0.25) is 0 Å². The van der Waals surface area contributed by atoms with Gasteiger partial charge in [0.15, 0.2) is 0 Å². The minimum Gasteiger partial charge on any atom is -0.346 e. The molecule has 0 fully saturated rings. The van der Waals surface area contributed by atoms with Gasteiger partial charge in [-0.3, -0.25) is 9.59 Å². The Balaban J connectivity index is 1.83. The first-order valence-corrected chi connectivity index (χ1v) is 7.95. The van der Waals surface area contributed by atoms with Gasteiger partial charge in [0.2, 0.25) is 11.8 Å². The van der Waals surface area contributed by atoms with Crippen molar-refractivity contribution in [2.24, 2.45) is 0 Å². The molecule has 124 valence electrons. The normalized spacial score (nSPS) is 13.2. The first kappa shape index (κ1) is 17.5. The molecule has 0 saturated carbocycles. The summed E-state index contributed by atoms with van der Waals surface area (Å²) in [4.78, 5) is 23.8. The van der Waals surface area contributed by atoms with Crippen molar-refractivity contribution in [3.8, 4) is 0 Å². The van der Waals surface area contributed by atoms with Crippen LogP contribution in [-0.2, 0) is 9.59 Å². The summed E-state index contributed by atoms with van der Waals surface area (Å²) in [7, 11) is 0. The number of rotatable bonds is 6. The number of nitrogens with one attached hydrogen (secondary N) is 2. The lowest BCUT2D eigenvalue weighted by molar-refractivity contribution is -0.119. The Morgan fingerprint density at radius 1 is 0.708 bits per heavy atom. The van der Waals surface area contributed by atoms with E-state index in [1.54, 1.807) is 0 Å². The molecular formula is C20H22N2O2. The van der Waals surface area contributed by atoms with Gasteiger partial charge in [0.05, 0.1) is 12.1 Å². The Kier molecular flexibility index (Phi) is 6.32. The van der Waals surface area contributed by atoms with Gasteiger partial charge in [0.1, 0.15) is 0 Å². The Hall–Kier alpha value is -2.88. The van der Waals surface area contributed by atoms with Gasteiger partial charge < -0.3 is 10.6 Å². The molecule has 24 heavy (non-hydrogen) atoms. The van der Waals surface area contributed by atoms with Crippen molar-refractivity contribution < 1.29 is 9.59 Å². The van der Waals surface area contributed by atoms with Crippen LogP contribution in [0.5, 0.6) is 0 Å². The van der Waals surface area contributed by atoms with Crippen LogP contribution in [0.4, 0.5) is 0 Å². The van der Waals surface area contributed by atoms with E-state index in [0.717, 1.165) is 11.1 Å². The number of hydrogen-bond donors (Lipinski definition) is 2. The molecule has 2 aromatic rings. The zero-order chi connectivity index (χ0) is 17.4. The van der Waals surface area contributed by atoms with Gasteiger partial charge in [-0.2, -0.15) is 0 Å². The highest BCUT2D eigenvalue weighted by Crippen LogP contribution is 2.11. The summed E-state index contributed by atoms with van der Waals surface area (Å²) in [6.07, 6.45) is 2.51. The maximum absolute atomic E-state index is 11.9. The van der Waals surface area contributed by atoms with E-state index in [9.17, 15) is 9.59 Å². The molecule has 0 radical (unpaired) electrons. The van der Waals surface area contributed by atoms with Gasteiger partial charge in [-0.05, 0) is 25.0 Å². The molecule has 0 aromatic heterocycles. The third-order valence-corrected chi connectivity index (χ3v) is 3.70. The largest absolute Gasteiger partial charge is 0.346 e. The van der Waals surface area contributed by atoms with E-state index >= 15 is 0 Å². The lowest BCUT2D eigenvalue weighted by Gasteiger charge is -2.13. The van der Waals surface area contributed by atoms with Gasteiger partial charge in [-0.15, -0.1) is 0 Å². The minimum atomic E-state index is -0.297. The molecule has 0 aliphatic carbocycles. The summed E-state index contributed by atoms with van der Waals surface area (Å²) >= 11 is 0. The fourth-order valence-corrected chi connectivity index (χ4v) is 2.32. The molecule has 2 atom stereocenters. The molecule has 0 heterocycles.